The molecule has 0 spiro atoms. The molecule has 0 amide bonds. The van der Waals surface area contributed by atoms with Crippen molar-refractivity contribution in [3.8, 4) is 0 Å². The molecule has 0 aliphatic rings. The Kier molecular flexibility index (Phi) is 15.3. The lowest BCUT2D eigenvalue weighted by molar-refractivity contribution is -0.150. The first-order valence-electron chi connectivity index (χ1n) is 15.0. The lowest BCUT2D eigenvalue weighted by Crippen LogP contribution is -2.38. The molecule has 226 valence electrons. The van der Waals surface area contributed by atoms with Crippen LogP contribution in [0, 0.1) is 11.8 Å². The molecule has 0 aliphatic carbocycles. The van der Waals surface area contributed by atoms with Gasteiger partial charge in [-0.05, 0) is 18.8 Å². The van der Waals surface area contributed by atoms with E-state index in [9.17, 15) is 14.4 Å². The highest BCUT2D eigenvalue weighted by atomic mass is 16.5. The van der Waals surface area contributed by atoms with Crippen LogP contribution in [0.3, 0.4) is 0 Å². The number of ether oxygens (including phenoxy) is 2. The fourth-order valence-electron chi connectivity index (χ4n) is 4.46. The van der Waals surface area contributed by atoms with Crippen LogP contribution in [0.1, 0.15) is 104 Å². The van der Waals surface area contributed by atoms with Gasteiger partial charge in [-0.3, -0.25) is 19.4 Å². The minimum atomic E-state index is -0.722. The Morgan fingerprint density at radius 1 is 0.975 bits per heavy atom. The Labute approximate surface area is 237 Å². The average molecular weight is 563 g/mol. The first-order chi connectivity index (χ1) is 19.2. The molecular formula is C29H50N6O5. The third-order valence-electron chi connectivity index (χ3n) is 7.19. The number of nitrogens with zero attached hydrogens (tertiary/aromatic N) is 3. The van der Waals surface area contributed by atoms with Crippen molar-refractivity contribution in [1.82, 2.24) is 19.5 Å². The van der Waals surface area contributed by atoms with E-state index in [1.807, 2.05) is 13.8 Å². The zero-order valence-corrected chi connectivity index (χ0v) is 24.7. The van der Waals surface area contributed by atoms with Crippen molar-refractivity contribution < 1.29 is 19.1 Å². The summed E-state index contributed by atoms with van der Waals surface area (Å²) in [6, 6.07) is -0.722. The van der Waals surface area contributed by atoms with Gasteiger partial charge in [0.15, 0.2) is 11.2 Å². The first-order valence-corrected chi connectivity index (χ1v) is 15.0. The standard InChI is InChI=1S/C29H50N6O5/c1-4-5-6-7-8-9-10-11-12-13-14-15-23(36)39-18-22(19-40-28(38)24(30)21(2)3)16-17-35-20-32-25-26(35)33-29(31)34-27(25)37/h20-22,24H,4-19,30H2,1-3H3,(H3,31,33,34,37)/t22?,24-/m0/s1. The van der Waals surface area contributed by atoms with Crippen molar-refractivity contribution >= 4 is 29.1 Å². The van der Waals surface area contributed by atoms with Crippen molar-refractivity contribution in [3.05, 3.63) is 16.7 Å². The number of carbonyl (C=O) groups excluding carboxylic acids is 2. The number of rotatable bonds is 21. The first kappa shape index (κ1) is 33.3. The zero-order valence-electron chi connectivity index (χ0n) is 24.7. The number of hydrogen-bond acceptors (Lipinski definition) is 9. The predicted molar refractivity (Wildman–Crippen MR) is 156 cm³/mol. The summed E-state index contributed by atoms with van der Waals surface area (Å²) in [6.45, 7) is 6.54. The zero-order chi connectivity index (χ0) is 29.3. The summed E-state index contributed by atoms with van der Waals surface area (Å²) in [4.78, 5) is 47.5. The monoisotopic (exact) mass is 562 g/mol. The van der Waals surface area contributed by atoms with Crippen LogP contribution in [-0.4, -0.2) is 50.7 Å². The molecule has 0 bridgehead atoms. The maximum absolute atomic E-state index is 12.4. The number of unbranched alkanes of at least 4 members (excludes halogenated alkanes) is 10. The molecule has 2 atom stereocenters. The molecule has 40 heavy (non-hydrogen) atoms. The second-order valence-corrected chi connectivity index (χ2v) is 11.1. The summed E-state index contributed by atoms with van der Waals surface area (Å²) < 4.78 is 12.7. The summed E-state index contributed by atoms with van der Waals surface area (Å²) in [5.74, 6) is -1.05. The maximum atomic E-state index is 12.4. The molecule has 0 radical (unpaired) electrons. The number of nitrogens with one attached hydrogen (secondary N) is 1. The summed E-state index contributed by atoms with van der Waals surface area (Å²) in [7, 11) is 0. The molecule has 11 nitrogen and oxygen atoms in total. The van der Waals surface area contributed by atoms with Crippen LogP contribution in [0.4, 0.5) is 5.95 Å². The predicted octanol–water partition coefficient (Wildman–Crippen LogP) is 4.48. The van der Waals surface area contributed by atoms with Gasteiger partial charge in [-0.1, -0.05) is 85.0 Å². The topological polar surface area (TPSA) is 168 Å². The SMILES string of the molecule is CCCCCCCCCCCCCC(=O)OCC(CCn1cnc2c(=O)[nH]c(N)nc21)COC(=O)[C@@H](N)C(C)C. The summed E-state index contributed by atoms with van der Waals surface area (Å²) in [6.07, 6.45) is 15.8. The number of anilines is 1. The van der Waals surface area contributed by atoms with E-state index in [-0.39, 0.29) is 42.5 Å². The van der Waals surface area contributed by atoms with E-state index in [0.29, 0.717) is 25.0 Å². The van der Waals surface area contributed by atoms with Gasteiger partial charge < -0.3 is 25.5 Å². The Balaban J connectivity index is 1.78. The van der Waals surface area contributed by atoms with E-state index in [1.54, 1.807) is 4.57 Å². The van der Waals surface area contributed by atoms with Gasteiger partial charge in [-0.15, -0.1) is 0 Å². The number of aromatic nitrogens is 4. The molecule has 5 N–H and O–H groups in total. The van der Waals surface area contributed by atoms with Crippen molar-refractivity contribution in [2.24, 2.45) is 17.6 Å². The average Bonchev–Trinajstić information content (AvgIpc) is 3.33. The number of aromatic amines is 1. The highest BCUT2D eigenvalue weighted by molar-refractivity contribution is 5.75. The number of aryl methyl sites for hydroxylation is 1. The molecule has 0 fully saturated rings. The third kappa shape index (κ3) is 12.1. The van der Waals surface area contributed by atoms with Crippen LogP contribution >= 0.6 is 0 Å². The van der Waals surface area contributed by atoms with Gasteiger partial charge in [0, 0.05) is 18.9 Å². The van der Waals surface area contributed by atoms with Crippen LogP contribution < -0.4 is 17.0 Å². The molecule has 0 aromatic carbocycles. The van der Waals surface area contributed by atoms with Crippen molar-refractivity contribution in [3.63, 3.8) is 0 Å². The molecule has 2 rings (SSSR count). The fraction of sp³-hybridized carbons (Fsp3) is 0.759. The number of H-pyrrole nitrogens is 1. The van der Waals surface area contributed by atoms with E-state index in [0.717, 1.165) is 19.3 Å². The molecule has 0 saturated carbocycles. The van der Waals surface area contributed by atoms with Gasteiger partial charge in [-0.25, -0.2) is 4.98 Å². The number of imidazole rings is 1. The molecular weight excluding hydrogens is 512 g/mol. The molecule has 2 aromatic rings. The largest absolute Gasteiger partial charge is 0.465 e. The molecule has 0 aliphatic heterocycles. The highest BCUT2D eigenvalue weighted by Gasteiger charge is 2.22. The van der Waals surface area contributed by atoms with Gasteiger partial charge in [0.2, 0.25) is 5.95 Å². The number of hydrogen-bond donors (Lipinski definition) is 3. The fourth-order valence-corrected chi connectivity index (χ4v) is 4.46. The van der Waals surface area contributed by atoms with Gasteiger partial charge in [0.05, 0.1) is 19.5 Å². The molecule has 0 saturated heterocycles. The van der Waals surface area contributed by atoms with Crippen LogP contribution in [0.2, 0.25) is 0 Å². The maximum Gasteiger partial charge on any atom is 0.323 e. The van der Waals surface area contributed by atoms with Crippen LogP contribution in [0.25, 0.3) is 11.2 Å². The molecule has 2 aromatic heterocycles. The van der Waals surface area contributed by atoms with Gasteiger partial charge in [0.25, 0.3) is 5.56 Å². The van der Waals surface area contributed by atoms with Gasteiger partial charge in [-0.2, -0.15) is 4.98 Å². The molecule has 11 heteroatoms. The third-order valence-corrected chi connectivity index (χ3v) is 7.19. The summed E-state index contributed by atoms with van der Waals surface area (Å²) >= 11 is 0. The number of fused-ring (bicyclic) bond motifs is 1. The highest BCUT2D eigenvalue weighted by Crippen LogP contribution is 2.15. The van der Waals surface area contributed by atoms with Crippen molar-refractivity contribution in [2.45, 2.75) is 117 Å². The second kappa shape index (κ2) is 18.4. The van der Waals surface area contributed by atoms with Crippen LogP contribution in [0.5, 0.6) is 0 Å². The number of carbonyl (C=O) groups is 2. The Morgan fingerprint density at radius 2 is 1.57 bits per heavy atom. The Bertz CT molecular complexity index is 1080. The van der Waals surface area contributed by atoms with E-state index in [4.69, 9.17) is 20.9 Å². The lowest BCUT2D eigenvalue weighted by Gasteiger charge is -2.20. The second-order valence-electron chi connectivity index (χ2n) is 11.1. The number of nitrogens with two attached hydrogens (primary N) is 2. The lowest BCUT2D eigenvalue weighted by atomic mass is 10.1. The van der Waals surface area contributed by atoms with Crippen LogP contribution in [0.15, 0.2) is 11.1 Å². The summed E-state index contributed by atoms with van der Waals surface area (Å²) in [5.41, 5.74) is 11.8. The minimum absolute atomic E-state index is 0.00346. The number of nitrogen functional groups attached to an aromatic ring is 1. The Hall–Kier alpha value is -2.95. The normalized spacial score (nSPS) is 13.0. The van der Waals surface area contributed by atoms with Gasteiger partial charge in [0.1, 0.15) is 6.04 Å². The number of esters is 2. The van der Waals surface area contributed by atoms with Crippen molar-refractivity contribution in [1.29, 1.82) is 0 Å². The Morgan fingerprint density at radius 3 is 2.20 bits per heavy atom. The van der Waals surface area contributed by atoms with E-state index in [1.165, 1.54) is 57.7 Å². The van der Waals surface area contributed by atoms with E-state index >= 15 is 0 Å². The van der Waals surface area contributed by atoms with Gasteiger partial charge >= 0.3 is 11.9 Å². The quantitative estimate of drug-likeness (QED) is 0.147. The van der Waals surface area contributed by atoms with Crippen molar-refractivity contribution in [2.75, 3.05) is 18.9 Å². The van der Waals surface area contributed by atoms with E-state index in [2.05, 4.69) is 21.9 Å². The minimum Gasteiger partial charge on any atom is -0.465 e. The van der Waals surface area contributed by atoms with Crippen LogP contribution in [-0.2, 0) is 25.6 Å². The molecule has 1 unspecified atom stereocenters. The summed E-state index contributed by atoms with van der Waals surface area (Å²) in [5, 5.41) is 0. The smallest absolute Gasteiger partial charge is 0.323 e. The van der Waals surface area contributed by atoms with E-state index < -0.39 is 17.6 Å². The molecule has 2 heterocycles.